The Morgan fingerprint density at radius 1 is 0.927 bits per heavy atom. The minimum atomic E-state index is -5.59. The van der Waals surface area contributed by atoms with Crippen LogP contribution in [0.5, 0.6) is 0 Å². The fourth-order valence-corrected chi connectivity index (χ4v) is 6.82. The molecule has 0 aromatic carbocycles. The van der Waals surface area contributed by atoms with Gasteiger partial charge in [0.05, 0.1) is 12.7 Å². The summed E-state index contributed by atoms with van der Waals surface area (Å²) in [5.74, 6) is 0. The van der Waals surface area contributed by atoms with Gasteiger partial charge in [-0.25, -0.2) is 18.5 Å². The van der Waals surface area contributed by atoms with Crippen LogP contribution in [-0.2, 0) is 31.6 Å². The smallest absolute Gasteiger partial charge is 0.352 e. The maximum absolute atomic E-state index is 11.8. The number of phosphoric acid groups is 3. The Balaban J connectivity index is 0.000000545. The number of aromatic nitrogens is 2. The lowest BCUT2D eigenvalue weighted by molar-refractivity contribution is -0.0244. The lowest BCUT2D eigenvalue weighted by Crippen LogP contribution is -2.33. The summed E-state index contributed by atoms with van der Waals surface area (Å²) in [5, 5.41) is 0. The molecule has 1 aromatic heterocycles. The molecule has 1 aliphatic rings. The van der Waals surface area contributed by atoms with Crippen LogP contribution in [0.1, 0.15) is 83.9 Å². The summed E-state index contributed by atoms with van der Waals surface area (Å²) in [6.45, 7) is 11.6. The Kier molecular flexibility index (Phi) is 16.7. The molecule has 1 fully saturated rings. The molecule has 0 aliphatic carbocycles. The van der Waals surface area contributed by atoms with E-state index < -0.39 is 53.7 Å². The summed E-state index contributed by atoms with van der Waals surface area (Å²) in [7, 11) is -16.3. The average Bonchev–Trinajstić information content (AvgIpc) is 3.32. The molecule has 41 heavy (non-hydrogen) atoms. The fraction of sp³-hybridized carbons (Fsp3) is 0.818. The number of ether oxygens (including phenoxy) is 1. The van der Waals surface area contributed by atoms with E-state index in [0.29, 0.717) is 0 Å². The first-order valence-corrected chi connectivity index (χ1v) is 18.0. The molecule has 0 radical (unpaired) electrons. The van der Waals surface area contributed by atoms with Crippen molar-refractivity contribution in [3.05, 3.63) is 32.6 Å². The van der Waals surface area contributed by atoms with Gasteiger partial charge in [0.15, 0.2) is 0 Å². The molecule has 4 atom stereocenters. The van der Waals surface area contributed by atoms with Crippen molar-refractivity contribution in [2.45, 2.75) is 91.4 Å². The zero-order valence-electron chi connectivity index (χ0n) is 23.9. The lowest BCUT2D eigenvalue weighted by atomic mass is 10.2. The van der Waals surface area contributed by atoms with Crippen LogP contribution >= 0.6 is 23.5 Å². The molecule has 0 saturated carbocycles. The molecule has 0 spiro atoms. The largest absolute Gasteiger partial charge is 0.490 e. The molecular weight excluding hydrogens is 607 g/mol. The second kappa shape index (κ2) is 18.0. The molecule has 2 unspecified atom stereocenters. The monoisotopic (exact) mass is 651 g/mol. The minimum absolute atomic E-state index is 0.255. The quantitative estimate of drug-likeness (QED) is 0.152. The normalized spacial score (nSPS) is 20.3. The van der Waals surface area contributed by atoms with Crippen molar-refractivity contribution in [1.29, 1.82) is 0 Å². The Bertz CT molecular complexity index is 1170. The molecule has 5 N–H and O–H groups in total. The Labute approximate surface area is 239 Å². The Morgan fingerprint density at radius 2 is 1.46 bits per heavy atom. The highest BCUT2D eigenvalue weighted by atomic mass is 31.3. The van der Waals surface area contributed by atoms with Crippen LogP contribution in [0, 0.1) is 6.92 Å². The third-order valence-corrected chi connectivity index (χ3v) is 9.67. The van der Waals surface area contributed by atoms with Crippen molar-refractivity contribution >= 4 is 23.5 Å². The first-order chi connectivity index (χ1) is 19.0. The first kappa shape index (κ1) is 38.0. The van der Waals surface area contributed by atoms with E-state index in [-0.39, 0.29) is 18.4 Å². The van der Waals surface area contributed by atoms with E-state index in [9.17, 15) is 28.2 Å². The van der Waals surface area contributed by atoms with E-state index in [1.165, 1.54) is 71.3 Å². The Morgan fingerprint density at radius 3 is 1.95 bits per heavy atom. The van der Waals surface area contributed by atoms with Crippen LogP contribution < -0.4 is 11.2 Å². The highest BCUT2D eigenvalue weighted by Gasteiger charge is 2.41. The highest BCUT2D eigenvalue weighted by molar-refractivity contribution is 7.66. The summed E-state index contributed by atoms with van der Waals surface area (Å²) >= 11 is 0. The highest BCUT2D eigenvalue weighted by Crippen LogP contribution is 2.66. The first-order valence-electron chi connectivity index (χ1n) is 13.5. The van der Waals surface area contributed by atoms with Crippen molar-refractivity contribution in [1.82, 2.24) is 14.5 Å². The third-order valence-electron chi connectivity index (χ3n) is 5.86. The summed E-state index contributed by atoms with van der Waals surface area (Å²) in [4.78, 5) is 63.3. The number of rotatable bonds is 17. The number of unbranched alkanes of at least 4 members (excludes halogenated alkanes) is 3. The predicted octanol–water partition coefficient (Wildman–Crippen LogP) is 3.55. The summed E-state index contributed by atoms with van der Waals surface area (Å²) in [6, 6.07) is 0. The predicted molar refractivity (Wildman–Crippen MR) is 150 cm³/mol. The molecule has 1 saturated heterocycles. The fourth-order valence-electron chi connectivity index (χ4n) is 3.78. The number of aryl methyl sites for hydroxylation is 1. The standard InChI is InChI=1S/C12H27N.C10H17N2O13P3/c1-4-7-10-13(11-8-5-2)12-9-6-3;1-6-4-12(10(14)11-9(6)13)8-3-2-7(23-8)5-22-27(18,19)25-28(20,21)24-26(15,16)17/h4-12H2,1-3H3;4,7-8H,2-3,5H2,1H3,(H,18,19)(H,20,21)(H,11,13,14)(H2,15,16,17)/t;7-,8+/m.0/s1. The van der Waals surface area contributed by atoms with Gasteiger partial charge in [-0.1, -0.05) is 40.0 Å². The van der Waals surface area contributed by atoms with Crippen molar-refractivity contribution in [3.8, 4) is 0 Å². The van der Waals surface area contributed by atoms with Gasteiger partial charge in [-0.05, 0) is 58.7 Å². The van der Waals surface area contributed by atoms with E-state index in [0.717, 1.165) is 4.57 Å². The lowest BCUT2D eigenvalue weighted by Gasteiger charge is -2.21. The van der Waals surface area contributed by atoms with Crippen LogP contribution in [0.25, 0.3) is 0 Å². The van der Waals surface area contributed by atoms with E-state index in [4.69, 9.17) is 19.4 Å². The molecule has 240 valence electrons. The second-order valence-electron chi connectivity index (χ2n) is 9.56. The van der Waals surface area contributed by atoms with Crippen molar-refractivity contribution in [3.63, 3.8) is 0 Å². The number of aromatic amines is 1. The number of nitrogens with one attached hydrogen (secondary N) is 1. The SMILES string of the molecule is CCCCN(CCCC)CCCC.Cc1cn([C@H]2CC[C@@H](COP(=O)(O)OP(=O)(O)OP(=O)(O)O)O2)c(=O)[nH]c1=O. The van der Waals surface area contributed by atoms with E-state index in [1.807, 2.05) is 0 Å². The van der Waals surface area contributed by atoms with Gasteiger partial charge >= 0.3 is 29.2 Å². The molecule has 0 bridgehead atoms. The zero-order chi connectivity index (χ0) is 31.3. The molecule has 1 aliphatic heterocycles. The number of nitrogens with zero attached hydrogens (tertiary/aromatic N) is 2. The summed E-state index contributed by atoms with van der Waals surface area (Å²) in [6.07, 6.45) is 8.30. The number of hydrogen-bond acceptors (Lipinski definition) is 10. The second-order valence-corrected chi connectivity index (χ2v) is 14.0. The maximum Gasteiger partial charge on any atom is 0.490 e. The topological polar surface area (TPSA) is 227 Å². The van der Waals surface area contributed by atoms with E-state index >= 15 is 0 Å². The van der Waals surface area contributed by atoms with Crippen molar-refractivity contribution < 1.29 is 51.2 Å². The van der Waals surface area contributed by atoms with Gasteiger partial charge in [0.25, 0.3) is 5.56 Å². The van der Waals surface area contributed by atoms with Gasteiger partial charge in [-0.15, -0.1) is 0 Å². The third kappa shape index (κ3) is 15.9. The molecule has 2 heterocycles. The average molecular weight is 652 g/mol. The number of H-pyrrole nitrogens is 1. The molecule has 2 rings (SSSR count). The van der Waals surface area contributed by atoms with Gasteiger partial charge in [0.1, 0.15) is 6.23 Å². The van der Waals surface area contributed by atoms with Gasteiger partial charge in [0, 0.05) is 11.8 Å². The van der Waals surface area contributed by atoms with Crippen molar-refractivity contribution in [2.24, 2.45) is 0 Å². The minimum Gasteiger partial charge on any atom is -0.352 e. The van der Waals surface area contributed by atoms with Crippen LogP contribution in [0.4, 0.5) is 0 Å². The molecule has 1 aromatic rings. The van der Waals surface area contributed by atoms with Crippen LogP contribution in [0.3, 0.4) is 0 Å². The van der Waals surface area contributed by atoms with Gasteiger partial charge in [-0.3, -0.25) is 18.9 Å². The van der Waals surface area contributed by atoms with Gasteiger partial charge in [-0.2, -0.15) is 8.62 Å². The van der Waals surface area contributed by atoms with Crippen LogP contribution in [-0.4, -0.2) is 66.4 Å². The van der Waals surface area contributed by atoms with E-state index in [1.54, 1.807) is 0 Å². The molecule has 19 heteroatoms. The summed E-state index contributed by atoms with van der Waals surface area (Å²) < 4.78 is 51.7. The van der Waals surface area contributed by atoms with E-state index in [2.05, 4.69) is 43.8 Å². The molecule has 16 nitrogen and oxygen atoms in total. The van der Waals surface area contributed by atoms with Crippen LogP contribution in [0.2, 0.25) is 0 Å². The van der Waals surface area contributed by atoms with Crippen LogP contribution in [0.15, 0.2) is 15.8 Å². The molecule has 0 amide bonds. The number of phosphoric ester groups is 1. The van der Waals surface area contributed by atoms with Gasteiger partial charge < -0.3 is 29.2 Å². The maximum atomic E-state index is 11.8. The van der Waals surface area contributed by atoms with Crippen molar-refractivity contribution in [2.75, 3.05) is 26.2 Å². The van der Waals surface area contributed by atoms with Gasteiger partial charge in [0.2, 0.25) is 0 Å². The Hall–Kier alpha value is -0.990. The summed E-state index contributed by atoms with van der Waals surface area (Å²) in [5.41, 5.74) is -1.00. The number of hydrogen-bond donors (Lipinski definition) is 5. The zero-order valence-corrected chi connectivity index (χ0v) is 26.6. The molecular formula is C22H44N3O13P3.